The summed E-state index contributed by atoms with van der Waals surface area (Å²) in [7, 11) is 3.98. The van der Waals surface area contributed by atoms with Gasteiger partial charge >= 0.3 is 0 Å². The summed E-state index contributed by atoms with van der Waals surface area (Å²) < 4.78 is 5.57. The van der Waals surface area contributed by atoms with Gasteiger partial charge in [0.2, 0.25) is 5.89 Å². The standard InChI is InChI=1S/C19H27N5O.HI/c1-20-19(21-12-15-8-10-24(2)11-9-15)22-13-17-14-25-18(23-17)16-6-4-3-5-7-16;/h3-7,14-15H,8-13H2,1-2H3,(H2,20,21,22);1H. The summed E-state index contributed by atoms with van der Waals surface area (Å²) in [6.07, 6.45) is 4.17. The molecule has 0 amide bonds. The lowest BCUT2D eigenvalue weighted by atomic mass is 9.97. The Morgan fingerprint density at radius 2 is 1.96 bits per heavy atom. The molecule has 1 aliphatic rings. The van der Waals surface area contributed by atoms with Crippen molar-refractivity contribution in [2.24, 2.45) is 10.9 Å². The van der Waals surface area contributed by atoms with Crippen molar-refractivity contribution in [3.63, 3.8) is 0 Å². The van der Waals surface area contributed by atoms with Crippen molar-refractivity contribution in [1.82, 2.24) is 20.5 Å². The van der Waals surface area contributed by atoms with E-state index >= 15 is 0 Å². The summed E-state index contributed by atoms with van der Waals surface area (Å²) >= 11 is 0. The fourth-order valence-electron chi connectivity index (χ4n) is 3.00. The number of nitrogens with one attached hydrogen (secondary N) is 2. The number of hydrogen-bond donors (Lipinski definition) is 2. The van der Waals surface area contributed by atoms with Crippen molar-refractivity contribution >= 4 is 29.9 Å². The smallest absolute Gasteiger partial charge is 0.226 e. The lowest BCUT2D eigenvalue weighted by Crippen LogP contribution is -2.42. The Morgan fingerprint density at radius 3 is 2.65 bits per heavy atom. The van der Waals surface area contributed by atoms with E-state index in [2.05, 4.69) is 32.6 Å². The highest BCUT2D eigenvalue weighted by Gasteiger charge is 2.16. The van der Waals surface area contributed by atoms with Crippen LogP contribution in [-0.2, 0) is 6.54 Å². The van der Waals surface area contributed by atoms with Crippen molar-refractivity contribution in [3.05, 3.63) is 42.3 Å². The number of piperidine rings is 1. The fraction of sp³-hybridized carbons (Fsp3) is 0.474. The number of benzene rings is 1. The minimum Gasteiger partial charge on any atom is -0.444 e. The molecule has 3 rings (SSSR count). The highest BCUT2D eigenvalue weighted by Crippen LogP contribution is 2.18. The Balaban J connectivity index is 0.00000243. The zero-order valence-corrected chi connectivity index (χ0v) is 17.8. The minimum atomic E-state index is 0. The third kappa shape index (κ3) is 5.98. The van der Waals surface area contributed by atoms with Crippen LogP contribution in [0.5, 0.6) is 0 Å². The van der Waals surface area contributed by atoms with Gasteiger partial charge in [-0.05, 0) is 51.0 Å². The first-order valence-corrected chi connectivity index (χ1v) is 8.87. The monoisotopic (exact) mass is 469 g/mol. The van der Waals surface area contributed by atoms with Crippen LogP contribution in [0, 0.1) is 5.92 Å². The molecule has 142 valence electrons. The summed E-state index contributed by atoms with van der Waals surface area (Å²) in [6, 6.07) is 9.92. The van der Waals surface area contributed by atoms with E-state index in [1.54, 1.807) is 13.3 Å². The Bertz CT molecular complexity index is 680. The first kappa shape index (κ1) is 20.7. The second-order valence-corrected chi connectivity index (χ2v) is 6.56. The van der Waals surface area contributed by atoms with E-state index < -0.39 is 0 Å². The van der Waals surface area contributed by atoms with Gasteiger partial charge in [0, 0.05) is 19.2 Å². The summed E-state index contributed by atoms with van der Waals surface area (Å²) in [4.78, 5) is 11.2. The number of hydrogen-bond acceptors (Lipinski definition) is 4. The second kappa shape index (κ2) is 10.5. The SMILES string of the molecule is CN=C(NCc1coc(-c2ccccc2)n1)NCC1CCN(C)CC1.I. The molecule has 1 aliphatic heterocycles. The predicted octanol–water partition coefficient (Wildman–Crippen LogP) is 2.97. The highest BCUT2D eigenvalue weighted by molar-refractivity contribution is 14.0. The van der Waals surface area contributed by atoms with Gasteiger partial charge in [-0.3, -0.25) is 4.99 Å². The molecule has 1 aromatic carbocycles. The third-order valence-electron chi connectivity index (χ3n) is 4.63. The topological polar surface area (TPSA) is 65.7 Å². The molecule has 0 radical (unpaired) electrons. The summed E-state index contributed by atoms with van der Waals surface area (Å²) in [5.74, 6) is 2.17. The lowest BCUT2D eigenvalue weighted by Gasteiger charge is -2.29. The fourth-order valence-corrected chi connectivity index (χ4v) is 3.00. The lowest BCUT2D eigenvalue weighted by molar-refractivity contribution is 0.220. The van der Waals surface area contributed by atoms with Crippen LogP contribution in [0.2, 0.25) is 0 Å². The molecule has 0 unspecified atom stereocenters. The second-order valence-electron chi connectivity index (χ2n) is 6.56. The molecule has 6 nitrogen and oxygen atoms in total. The molecular formula is C19H28IN5O. The van der Waals surface area contributed by atoms with E-state index in [-0.39, 0.29) is 24.0 Å². The van der Waals surface area contributed by atoms with Crippen LogP contribution in [0.25, 0.3) is 11.5 Å². The third-order valence-corrected chi connectivity index (χ3v) is 4.63. The van der Waals surface area contributed by atoms with E-state index in [0.717, 1.165) is 23.8 Å². The number of guanidine groups is 1. The van der Waals surface area contributed by atoms with Gasteiger partial charge in [-0.25, -0.2) is 4.98 Å². The van der Waals surface area contributed by atoms with Crippen LogP contribution in [0.15, 0.2) is 46.0 Å². The summed E-state index contributed by atoms with van der Waals surface area (Å²) in [5.41, 5.74) is 1.85. The molecule has 1 saturated heterocycles. The number of likely N-dealkylation sites (tertiary alicyclic amines) is 1. The van der Waals surface area contributed by atoms with E-state index in [9.17, 15) is 0 Å². The average Bonchev–Trinajstić information content (AvgIpc) is 3.13. The number of aliphatic imine (C=N–C) groups is 1. The van der Waals surface area contributed by atoms with Crippen molar-refractivity contribution in [2.45, 2.75) is 19.4 Å². The quantitative estimate of drug-likeness (QED) is 0.401. The van der Waals surface area contributed by atoms with Gasteiger partial charge < -0.3 is 20.0 Å². The van der Waals surface area contributed by atoms with E-state index in [0.29, 0.717) is 18.4 Å². The molecule has 1 aromatic heterocycles. The first-order chi connectivity index (χ1) is 12.2. The molecule has 0 atom stereocenters. The van der Waals surface area contributed by atoms with Crippen molar-refractivity contribution < 1.29 is 4.42 Å². The minimum absolute atomic E-state index is 0. The van der Waals surface area contributed by atoms with Gasteiger partial charge in [0.25, 0.3) is 0 Å². The number of halogens is 1. The van der Waals surface area contributed by atoms with Crippen molar-refractivity contribution in [3.8, 4) is 11.5 Å². The maximum Gasteiger partial charge on any atom is 0.226 e. The molecular weight excluding hydrogens is 441 g/mol. The summed E-state index contributed by atoms with van der Waals surface area (Å²) in [5, 5.41) is 6.73. The highest BCUT2D eigenvalue weighted by atomic mass is 127. The number of aromatic nitrogens is 1. The molecule has 0 aliphatic carbocycles. The molecule has 0 saturated carbocycles. The largest absolute Gasteiger partial charge is 0.444 e. The Morgan fingerprint density at radius 1 is 1.23 bits per heavy atom. The van der Waals surface area contributed by atoms with Crippen LogP contribution >= 0.6 is 24.0 Å². The van der Waals surface area contributed by atoms with Gasteiger partial charge in [-0.2, -0.15) is 0 Å². The number of oxazole rings is 1. The van der Waals surface area contributed by atoms with E-state index in [1.807, 2.05) is 30.3 Å². The summed E-state index contributed by atoms with van der Waals surface area (Å²) in [6.45, 7) is 3.91. The van der Waals surface area contributed by atoms with Gasteiger partial charge in [0.1, 0.15) is 6.26 Å². The van der Waals surface area contributed by atoms with Crippen LogP contribution in [0.1, 0.15) is 18.5 Å². The van der Waals surface area contributed by atoms with Crippen LogP contribution in [0.3, 0.4) is 0 Å². The van der Waals surface area contributed by atoms with E-state index in [1.165, 1.54) is 25.9 Å². The Kier molecular flexibility index (Phi) is 8.37. The van der Waals surface area contributed by atoms with Gasteiger partial charge in [-0.15, -0.1) is 24.0 Å². The average molecular weight is 469 g/mol. The number of nitrogens with zero attached hydrogens (tertiary/aromatic N) is 3. The molecule has 2 aromatic rings. The van der Waals surface area contributed by atoms with Crippen LogP contribution in [0.4, 0.5) is 0 Å². The number of rotatable bonds is 5. The molecule has 2 heterocycles. The molecule has 26 heavy (non-hydrogen) atoms. The van der Waals surface area contributed by atoms with Crippen molar-refractivity contribution in [1.29, 1.82) is 0 Å². The first-order valence-electron chi connectivity index (χ1n) is 8.87. The zero-order chi connectivity index (χ0) is 17.5. The van der Waals surface area contributed by atoms with Crippen molar-refractivity contribution in [2.75, 3.05) is 33.7 Å². The maximum atomic E-state index is 5.57. The zero-order valence-electron chi connectivity index (χ0n) is 15.4. The van der Waals surface area contributed by atoms with Crippen LogP contribution < -0.4 is 10.6 Å². The Labute approximate surface area is 172 Å². The van der Waals surface area contributed by atoms with Gasteiger partial charge in [0.05, 0.1) is 12.2 Å². The van der Waals surface area contributed by atoms with E-state index in [4.69, 9.17) is 4.42 Å². The molecule has 0 spiro atoms. The molecule has 1 fully saturated rings. The van der Waals surface area contributed by atoms with Gasteiger partial charge in [0.15, 0.2) is 5.96 Å². The molecule has 2 N–H and O–H groups in total. The molecule has 7 heteroatoms. The Hall–Kier alpha value is -1.61. The molecule has 0 bridgehead atoms. The maximum absolute atomic E-state index is 5.57. The predicted molar refractivity (Wildman–Crippen MR) is 116 cm³/mol. The normalized spacial score (nSPS) is 16.2. The van der Waals surface area contributed by atoms with Gasteiger partial charge in [-0.1, -0.05) is 18.2 Å². The van der Waals surface area contributed by atoms with Crippen LogP contribution in [-0.4, -0.2) is 49.6 Å².